The van der Waals surface area contributed by atoms with Gasteiger partial charge < -0.3 is 4.90 Å². The van der Waals surface area contributed by atoms with Gasteiger partial charge >= 0.3 is 0 Å². The van der Waals surface area contributed by atoms with Crippen LogP contribution < -0.4 is 4.90 Å². The van der Waals surface area contributed by atoms with Gasteiger partial charge in [0.15, 0.2) is 0 Å². The highest BCUT2D eigenvalue weighted by molar-refractivity contribution is 7.89. The first-order chi connectivity index (χ1) is 12.4. The smallest absolute Gasteiger partial charge is 0.243 e. The molecule has 0 N–H and O–H groups in total. The number of amides is 1. The van der Waals surface area contributed by atoms with Crippen molar-refractivity contribution in [3.8, 4) is 0 Å². The van der Waals surface area contributed by atoms with Gasteiger partial charge in [0.25, 0.3) is 0 Å². The molecular weight excluding hydrogens is 348 g/mol. The summed E-state index contributed by atoms with van der Waals surface area (Å²) in [5.41, 5.74) is 1.70. The molecule has 2 aliphatic rings. The van der Waals surface area contributed by atoms with E-state index >= 15 is 0 Å². The molecule has 0 aromatic heterocycles. The first-order valence-electron chi connectivity index (χ1n) is 8.83. The number of para-hydroxylation sites is 1. The zero-order valence-corrected chi connectivity index (χ0v) is 15.6. The third kappa shape index (κ3) is 2.83. The highest BCUT2D eigenvalue weighted by Crippen LogP contribution is 2.43. The van der Waals surface area contributed by atoms with E-state index in [1.807, 2.05) is 36.1 Å². The highest BCUT2D eigenvalue weighted by atomic mass is 32.2. The summed E-state index contributed by atoms with van der Waals surface area (Å²) < 4.78 is 27.3. The molecule has 5 nitrogen and oxygen atoms in total. The fourth-order valence-corrected chi connectivity index (χ4v) is 5.67. The minimum Gasteiger partial charge on any atom is -0.312 e. The van der Waals surface area contributed by atoms with Gasteiger partial charge in [-0.2, -0.15) is 4.31 Å². The number of nitrogens with zero attached hydrogens (tertiary/aromatic N) is 2. The number of aryl methyl sites for hydroxylation is 1. The Labute approximate surface area is 154 Å². The van der Waals surface area contributed by atoms with Crippen molar-refractivity contribution >= 4 is 21.6 Å². The van der Waals surface area contributed by atoms with Crippen LogP contribution in [0.1, 0.15) is 18.4 Å². The van der Waals surface area contributed by atoms with Crippen molar-refractivity contribution in [1.82, 2.24) is 4.31 Å². The van der Waals surface area contributed by atoms with Crippen LogP contribution in [0.4, 0.5) is 5.69 Å². The quantitative estimate of drug-likeness (QED) is 0.835. The number of carbonyl (C=O) groups is 1. The Kier molecular flexibility index (Phi) is 4.12. The second-order valence-electron chi connectivity index (χ2n) is 7.34. The lowest BCUT2D eigenvalue weighted by Crippen LogP contribution is -2.34. The van der Waals surface area contributed by atoms with Gasteiger partial charge in [-0.25, -0.2) is 8.42 Å². The van der Waals surface area contributed by atoms with E-state index < -0.39 is 10.0 Å². The first kappa shape index (κ1) is 17.2. The van der Waals surface area contributed by atoms with E-state index in [-0.39, 0.29) is 11.3 Å². The topological polar surface area (TPSA) is 57.7 Å². The van der Waals surface area contributed by atoms with Crippen molar-refractivity contribution in [2.75, 3.05) is 24.5 Å². The van der Waals surface area contributed by atoms with Crippen LogP contribution in [-0.4, -0.2) is 38.3 Å². The van der Waals surface area contributed by atoms with Crippen molar-refractivity contribution in [2.24, 2.45) is 5.41 Å². The molecule has 2 aromatic rings. The van der Waals surface area contributed by atoms with Crippen molar-refractivity contribution in [1.29, 1.82) is 0 Å². The molecule has 0 saturated carbocycles. The van der Waals surface area contributed by atoms with Crippen molar-refractivity contribution < 1.29 is 13.2 Å². The molecule has 1 atom stereocenters. The molecule has 0 bridgehead atoms. The molecular formula is C20H22N2O3S. The van der Waals surface area contributed by atoms with Crippen LogP contribution >= 0.6 is 0 Å². The van der Waals surface area contributed by atoms with E-state index in [4.69, 9.17) is 0 Å². The zero-order chi connectivity index (χ0) is 18.4. The van der Waals surface area contributed by atoms with E-state index in [0.29, 0.717) is 37.4 Å². The molecule has 2 fully saturated rings. The van der Waals surface area contributed by atoms with Crippen molar-refractivity contribution in [3.63, 3.8) is 0 Å². The maximum absolute atomic E-state index is 12.9. The largest absolute Gasteiger partial charge is 0.312 e. The maximum Gasteiger partial charge on any atom is 0.243 e. The second-order valence-corrected chi connectivity index (χ2v) is 9.28. The Morgan fingerprint density at radius 1 is 0.962 bits per heavy atom. The average molecular weight is 370 g/mol. The van der Waals surface area contributed by atoms with Gasteiger partial charge in [-0.05, 0) is 37.1 Å². The maximum atomic E-state index is 12.9. The Hall–Kier alpha value is -2.18. The van der Waals surface area contributed by atoms with Crippen LogP contribution in [-0.2, 0) is 14.8 Å². The van der Waals surface area contributed by atoms with Gasteiger partial charge in [-0.3, -0.25) is 4.79 Å². The van der Waals surface area contributed by atoms with Gasteiger partial charge in [0.05, 0.1) is 4.90 Å². The summed E-state index contributed by atoms with van der Waals surface area (Å²) in [6.45, 7) is 3.44. The fraction of sp³-hybridized carbons (Fsp3) is 0.350. The van der Waals surface area contributed by atoms with Gasteiger partial charge in [0, 0.05) is 37.2 Å². The van der Waals surface area contributed by atoms with Gasteiger partial charge in [-0.1, -0.05) is 36.4 Å². The lowest BCUT2D eigenvalue weighted by Gasteiger charge is -2.25. The minimum absolute atomic E-state index is 0.0817. The Bertz CT molecular complexity index is 943. The Morgan fingerprint density at radius 2 is 1.65 bits per heavy atom. The fourth-order valence-electron chi connectivity index (χ4n) is 4.10. The molecule has 136 valence electrons. The van der Waals surface area contributed by atoms with E-state index in [9.17, 15) is 13.2 Å². The average Bonchev–Trinajstić information content (AvgIpc) is 3.20. The van der Waals surface area contributed by atoms with Gasteiger partial charge in [0.1, 0.15) is 0 Å². The van der Waals surface area contributed by atoms with Crippen LogP contribution in [0.3, 0.4) is 0 Å². The summed E-state index contributed by atoms with van der Waals surface area (Å²) in [6.07, 6.45) is 1.12. The molecule has 26 heavy (non-hydrogen) atoms. The number of carbonyl (C=O) groups excluding carboxylic acids is 1. The monoisotopic (exact) mass is 370 g/mol. The molecule has 1 amide bonds. The molecule has 2 aromatic carbocycles. The first-order valence-corrected chi connectivity index (χ1v) is 10.3. The molecule has 0 radical (unpaired) electrons. The summed E-state index contributed by atoms with van der Waals surface area (Å²) in [5, 5.41) is 0. The zero-order valence-electron chi connectivity index (χ0n) is 14.8. The minimum atomic E-state index is -3.51. The third-order valence-corrected chi connectivity index (χ3v) is 7.37. The predicted octanol–water partition coefficient (Wildman–Crippen LogP) is 2.81. The van der Waals surface area contributed by atoms with Gasteiger partial charge in [0.2, 0.25) is 15.9 Å². The van der Waals surface area contributed by atoms with Crippen LogP contribution in [0.15, 0.2) is 59.5 Å². The van der Waals surface area contributed by atoms with Crippen LogP contribution in [0, 0.1) is 12.3 Å². The molecule has 0 unspecified atom stereocenters. The predicted molar refractivity (Wildman–Crippen MR) is 100 cm³/mol. The third-order valence-electron chi connectivity index (χ3n) is 5.51. The number of hydrogen-bond donors (Lipinski definition) is 0. The lowest BCUT2D eigenvalue weighted by molar-refractivity contribution is -0.117. The number of benzene rings is 2. The molecule has 1 spiro atoms. The number of anilines is 1. The lowest BCUT2D eigenvalue weighted by atomic mass is 9.86. The molecule has 6 heteroatoms. The number of hydrogen-bond acceptors (Lipinski definition) is 3. The summed E-state index contributed by atoms with van der Waals surface area (Å²) in [7, 11) is -3.51. The summed E-state index contributed by atoms with van der Waals surface area (Å²) in [5.74, 6) is 0.0817. The second kappa shape index (κ2) is 6.21. The van der Waals surface area contributed by atoms with E-state index in [0.717, 1.165) is 11.3 Å². The number of rotatable bonds is 3. The molecule has 2 saturated heterocycles. The van der Waals surface area contributed by atoms with Crippen LogP contribution in [0.2, 0.25) is 0 Å². The van der Waals surface area contributed by atoms with Crippen molar-refractivity contribution in [2.45, 2.75) is 24.7 Å². The normalized spacial score (nSPS) is 23.9. The van der Waals surface area contributed by atoms with Crippen LogP contribution in [0.25, 0.3) is 0 Å². The molecule has 0 aliphatic carbocycles. The SMILES string of the molecule is Cc1ccccc1N1C[C@@]2(CCN(S(=O)(=O)c3ccccc3)C2)CC1=O. The van der Waals surface area contributed by atoms with Gasteiger partial charge in [-0.15, -0.1) is 0 Å². The summed E-state index contributed by atoms with van der Waals surface area (Å²) in [6, 6.07) is 16.4. The highest BCUT2D eigenvalue weighted by Gasteiger charge is 2.50. The number of sulfonamides is 1. The van der Waals surface area contributed by atoms with E-state index in [2.05, 4.69) is 0 Å². The molecule has 2 heterocycles. The molecule has 4 rings (SSSR count). The summed E-state index contributed by atoms with van der Waals surface area (Å²) in [4.78, 5) is 14.8. The summed E-state index contributed by atoms with van der Waals surface area (Å²) >= 11 is 0. The molecule has 2 aliphatic heterocycles. The Balaban J connectivity index is 1.57. The Morgan fingerprint density at radius 3 is 2.38 bits per heavy atom. The van der Waals surface area contributed by atoms with Crippen molar-refractivity contribution in [3.05, 3.63) is 60.2 Å². The standard InChI is InChI=1S/C20H22N2O3S/c1-16-7-5-6-10-18(16)22-15-20(13-19(22)23)11-12-21(14-20)26(24,25)17-8-3-2-4-9-17/h2-10H,11-15H2,1H3/t20-/m0/s1. The van der Waals surface area contributed by atoms with Crippen LogP contribution in [0.5, 0.6) is 0 Å². The van der Waals surface area contributed by atoms with E-state index in [1.54, 1.807) is 30.3 Å². The van der Waals surface area contributed by atoms with E-state index in [1.165, 1.54) is 4.31 Å².